The number of carbonyl (C=O) groups excluding carboxylic acids is 1. The number of benzene rings is 3. The molecule has 0 aliphatic heterocycles. The van der Waals surface area contributed by atoms with Crippen molar-refractivity contribution >= 4 is 45.5 Å². The molecule has 44 heavy (non-hydrogen) atoms. The first-order valence-corrected chi connectivity index (χ1v) is 14.9. The van der Waals surface area contributed by atoms with Gasteiger partial charge in [0.1, 0.15) is 28.8 Å². The Hall–Kier alpha value is -5.03. The number of hydrogen-bond donors (Lipinski definition) is 1. The second-order valence-electron chi connectivity index (χ2n) is 10.2. The van der Waals surface area contributed by atoms with Crippen LogP contribution >= 0.6 is 11.9 Å². The number of rotatable bonds is 7. The fourth-order valence-electron chi connectivity index (χ4n) is 5.17. The molecule has 0 saturated carbocycles. The van der Waals surface area contributed by atoms with E-state index in [1.165, 1.54) is 47.8 Å². The molecule has 3 aromatic heterocycles. The first-order chi connectivity index (χ1) is 21.2. The van der Waals surface area contributed by atoms with Crippen molar-refractivity contribution in [3.8, 4) is 22.6 Å². The Morgan fingerprint density at radius 2 is 1.68 bits per heavy atom. The Bertz CT molecular complexity index is 2110. The summed E-state index contributed by atoms with van der Waals surface area (Å²) in [6, 6.07) is 18.9. The second kappa shape index (κ2) is 11.6. The SMILES string of the molecule is CNC(=O)c1c(-c2ccc(F)cc2)oc2cc(N(C)SC)c(-c3ccc4nc(C)n(Cc5ccc(F)cc5)c(=O)c4n3)cc12. The molecule has 11 heteroatoms. The van der Waals surface area contributed by atoms with E-state index in [0.29, 0.717) is 50.5 Å². The lowest BCUT2D eigenvalue weighted by Crippen LogP contribution is -2.25. The molecule has 0 spiro atoms. The van der Waals surface area contributed by atoms with Crippen molar-refractivity contribution in [2.45, 2.75) is 13.5 Å². The first-order valence-electron chi connectivity index (χ1n) is 13.7. The number of nitrogens with zero attached hydrogens (tertiary/aromatic N) is 4. The smallest absolute Gasteiger partial charge is 0.280 e. The minimum absolute atomic E-state index is 0.179. The van der Waals surface area contributed by atoms with E-state index >= 15 is 0 Å². The summed E-state index contributed by atoms with van der Waals surface area (Å²) >= 11 is 1.47. The molecule has 8 nitrogen and oxygen atoms in total. The van der Waals surface area contributed by atoms with E-state index in [0.717, 1.165) is 11.3 Å². The predicted octanol–water partition coefficient (Wildman–Crippen LogP) is 6.58. The van der Waals surface area contributed by atoms with Crippen molar-refractivity contribution in [3.63, 3.8) is 0 Å². The Morgan fingerprint density at radius 1 is 1.00 bits per heavy atom. The minimum atomic E-state index is -0.402. The molecule has 1 N–H and O–H groups in total. The normalized spacial score (nSPS) is 11.3. The highest BCUT2D eigenvalue weighted by Crippen LogP contribution is 2.41. The van der Waals surface area contributed by atoms with Crippen LogP contribution in [0.1, 0.15) is 21.7 Å². The molecule has 1 amide bonds. The van der Waals surface area contributed by atoms with Crippen LogP contribution in [-0.2, 0) is 6.54 Å². The fourth-order valence-corrected chi connectivity index (χ4v) is 5.52. The van der Waals surface area contributed by atoms with Crippen LogP contribution in [0.15, 0.2) is 82.0 Å². The third kappa shape index (κ3) is 5.19. The van der Waals surface area contributed by atoms with E-state index in [4.69, 9.17) is 9.40 Å². The largest absolute Gasteiger partial charge is 0.455 e. The zero-order valence-corrected chi connectivity index (χ0v) is 25.1. The maximum Gasteiger partial charge on any atom is 0.280 e. The van der Waals surface area contributed by atoms with E-state index in [9.17, 15) is 18.4 Å². The molecule has 0 unspecified atom stereocenters. The van der Waals surface area contributed by atoms with Gasteiger partial charge < -0.3 is 14.0 Å². The van der Waals surface area contributed by atoms with Gasteiger partial charge in [0.15, 0.2) is 5.52 Å². The molecular weight excluding hydrogens is 584 g/mol. The maximum atomic E-state index is 13.7. The van der Waals surface area contributed by atoms with Gasteiger partial charge in [-0.2, -0.15) is 0 Å². The second-order valence-corrected chi connectivity index (χ2v) is 11.1. The summed E-state index contributed by atoms with van der Waals surface area (Å²) in [4.78, 5) is 36.3. The van der Waals surface area contributed by atoms with Crippen LogP contribution in [0.4, 0.5) is 14.5 Å². The summed E-state index contributed by atoms with van der Waals surface area (Å²) in [5.74, 6) is -0.307. The lowest BCUT2D eigenvalue weighted by Gasteiger charge is -2.19. The third-order valence-corrected chi connectivity index (χ3v) is 8.25. The highest BCUT2D eigenvalue weighted by atomic mass is 32.2. The monoisotopic (exact) mass is 611 g/mol. The van der Waals surface area contributed by atoms with Gasteiger partial charge in [-0.25, -0.2) is 18.7 Å². The van der Waals surface area contributed by atoms with Crippen LogP contribution in [0.3, 0.4) is 0 Å². The summed E-state index contributed by atoms with van der Waals surface area (Å²) in [6.07, 6.45) is 1.92. The van der Waals surface area contributed by atoms with Crippen LogP contribution in [0, 0.1) is 18.6 Å². The number of carbonyl (C=O) groups is 1. The van der Waals surface area contributed by atoms with Crippen molar-refractivity contribution in [1.82, 2.24) is 19.9 Å². The number of anilines is 1. The molecular formula is C33H27F2N5O3S. The molecule has 0 aliphatic rings. The quantitative estimate of drug-likeness (QED) is 0.204. The number of nitrogens with one attached hydrogen (secondary N) is 1. The van der Waals surface area contributed by atoms with Crippen molar-refractivity contribution < 1.29 is 18.0 Å². The number of pyridine rings is 1. The average Bonchev–Trinajstić information content (AvgIpc) is 3.41. The van der Waals surface area contributed by atoms with Crippen LogP contribution in [0.2, 0.25) is 0 Å². The van der Waals surface area contributed by atoms with Crippen molar-refractivity contribution in [2.75, 3.05) is 24.7 Å². The molecule has 0 atom stereocenters. The van der Waals surface area contributed by atoms with Crippen molar-refractivity contribution in [3.05, 3.63) is 112 Å². The molecule has 0 saturated heterocycles. The zero-order valence-electron chi connectivity index (χ0n) is 24.3. The molecule has 222 valence electrons. The van der Waals surface area contributed by atoms with Gasteiger partial charge in [-0.3, -0.25) is 14.2 Å². The number of hydrogen-bond acceptors (Lipinski definition) is 7. The van der Waals surface area contributed by atoms with Gasteiger partial charge in [0.25, 0.3) is 11.5 Å². The Kier molecular flexibility index (Phi) is 7.64. The third-order valence-electron chi connectivity index (χ3n) is 7.50. The number of aromatic nitrogens is 3. The van der Waals surface area contributed by atoms with E-state index in [-0.39, 0.29) is 29.3 Å². The van der Waals surface area contributed by atoms with Gasteiger partial charge in [-0.15, -0.1) is 0 Å². The summed E-state index contributed by atoms with van der Waals surface area (Å²) in [5, 5.41) is 3.22. The van der Waals surface area contributed by atoms with E-state index in [1.54, 1.807) is 43.3 Å². The molecule has 3 heterocycles. The number of furan rings is 1. The summed E-state index contributed by atoms with van der Waals surface area (Å²) in [5.41, 5.74) is 4.27. The highest BCUT2D eigenvalue weighted by Gasteiger charge is 2.25. The lowest BCUT2D eigenvalue weighted by molar-refractivity contribution is 0.0964. The predicted molar refractivity (Wildman–Crippen MR) is 170 cm³/mol. The number of amides is 1. The molecule has 0 fully saturated rings. The first kappa shape index (κ1) is 29.1. The van der Waals surface area contributed by atoms with Crippen molar-refractivity contribution in [2.24, 2.45) is 0 Å². The van der Waals surface area contributed by atoms with Crippen LogP contribution in [0.25, 0.3) is 44.6 Å². The Labute approximate surface area is 255 Å². The van der Waals surface area contributed by atoms with Crippen LogP contribution in [0.5, 0.6) is 0 Å². The average molecular weight is 612 g/mol. The van der Waals surface area contributed by atoms with Gasteiger partial charge >= 0.3 is 0 Å². The minimum Gasteiger partial charge on any atom is -0.455 e. The number of halogens is 2. The molecule has 6 rings (SSSR count). The van der Waals surface area contributed by atoms with Gasteiger partial charge in [0.05, 0.1) is 29.0 Å². The van der Waals surface area contributed by atoms with Crippen LogP contribution in [-0.4, -0.2) is 40.8 Å². The topological polar surface area (TPSA) is 93.3 Å². The van der Waals surface area contributed by atoms with Crippen molar-refractivity contribution in [1.29, 1.82) is 0 Å². The molecule has 3 aromatic carbocycles. The Balaban J connectivity index is 1.56. The Morgan fingerprint density at radius 3 is 2.34 bits per heavy atom. The van der Waals surface area contributed by atoms with E-state index in [1.807, 2.05) is 29.7 Å². The van der Waals surface area contributed by atoms with E-state index in [2.05, 4.69) is 10.3 Å². The molecule has 0 radical (unpaired) electrons. The van der Waals surface area contributed by atoms with Crippen LogP contribution < -0.4 is 15.2 Å². The fraction of sp³-hybridized carbons (Fsp3) is 0.152. The van der Waals surface area contributed by atoms with E-state index < -0.39 is 5.82 Å². The van der Waals surface area contributed by atoms with Gasteiger partial charge in [0, 0.05) is 42.9 Å². The number of aryl methyl sites for hydroxylation is 1. The summed E-state index contributed by atoms with van der Waals surface area (Å²) in [7, 11) is 3.42. The zero-order chi connectivity index (χ0) is 31.1. The van der Waals surface area contributed by atoms with Gasteiger partial charge in [-0.05, 0) is 67.1 Å². The standard InChI is InChI=1S/C33H27F2N5O3S/c1-18-37-26-14-13-25(38-30(26)33(42)40(18)17-19-5-9-21(34)10-6-19)23-15-24-28(16-27(23)39(3)44-4)43-31(29(24)32(41)36-2)20-7-11-22(35)12-8-20/h5-16H,17H2,1-4H3,(H,36,41). The molecule has 0 bridgehead atoms. The lowest BCUT2D eigenvalue weighted by atomic mass is 10.0. The molecule has 0 aliphatic carbocycles. The highest BCUT2D eigenvalue weighted by molar-refractivity contribution is 7.99. The summed E-state index contributed by atoms with van der Waals surface area (Å²) < 4.78 is 36.8. The number of fused-ring (bicyclic) bond motifs is 2. The molecule has 6 aromatic rings. The van der Waals surface area contributed by atoms with Gasteiger partial charge in [0.2, 0.25) is 0 Å². The summed E-state index contributed by atoms with van der Waals surface area (Å²) in [6.45, 7) is 1.96. The van der Waals surface area contributed by atoms with Gasteiger partial charge in [-0.1, -0.05) is 24.1 Å². The maximum absolute atomic E-state index is 13.7.